The van der Waals surface area contributed by atoms with Crippen molar-refractivity contribution < 1.29 is 4.79 Å². The highest BCUT2D eigenvalue weighted by molar-refractivity contribution is 5.97. The third-order valence-corrected chi connectivity index (χ3v) is 3.62. The molecule has 1 aliphatic rings. The van der Waals surface area contributed by atoms with Crippen LogP contribution in [-0.2, 0) is 0 Å². The van der Waals surface area contributed by atoms with E-state index in [-0.39, 0.29) is 18.0 Å². The molecule has 104 valence electrons. The minimum atomic E-state index is -0.0878. The van der Waals surface area contributed by atoms with Crippen LogP contribution in [0.1, 0.15) is 29.6 Å². The summed E-state index contributed by atoms with van der Waals surface area (Å²) < 4.78 is 1.59. The van der Waals surface area contributed by atoms with Crippen molar-refractivity contribution in [2.24, 2.45) is 5.73 Å². The Hall–Kier alpha value is -2.21. The molecule has 1 aliphatic carbocycles. The summed E-state index contributed by atoms with van der Waals surface area (Å²) in [7, 11) is 0. The molecule has 0 bridgehead atoms. The molecule has 0 radical (unpaired) electrons. The highest BCUT2D eigenvalue weighted by Crippen LogP contribution is 2.19. The van der Waals surface area contributed by atoms with Crippen LogP contribution in [0.5, 0.6) is 0 Å². The van der Waals surface area contributed by atoms with Crippen LogP contribution in [0.3, 0.4) is 0 Å². The van der Waals surface area contributed by atoms with E-state index >= 15 is 0 Å². The van der Waals surface area contributed by atoms with Crippen molar-refractivity contribution in [2.45, 2.75) is 31.3 Å². The van der Waals surface area contributed by atoms with Gasteiger partial charge in [-0.3, -0.25) is 4.79 Å². The Labute approximate surface area is 117 Å². The second-order valence-electron chi connectivity index (χ2n) is 5.10. The van der Waals surface area contributed by atoms with Gasteiger partial charge in [0.25, 0.3) is 5.91 Å². The summed E-state index contributed by atoms with van der Waals surface area (Å²) in [5, 5.41) is 7.13. The first-order valence-electron chi connectivity index (χ1n) is 6.74. The lowest BCUT2D eigenvalue weighted by atomic mass is 10.1. The van der Waals surface area contributed by atoms with Crippen molar-refractivity contribution in [2.75, 3.05) is 0 Å². The number of hydrogen-bond acceptors (Lipinski definition) is 4. The fourth-order valence-corrected chi connectivity index (χ4v) is 2.61. The number of benzene rings is 1. The Morgan fingerprint density at radius 3 is 2.90 bits per heavy atom. The average Bonchev–Trinajstić information content (AvgIpc) is 3.10. The van der Waals surface area contributed by atoms with Gasteiger partial charge in [0.1, 0.15) is 12.7 Å². The number of aromatic nitrogens is 3. The molecule has 2 aromatic rings. The Balaban J connectivity index is 1.81. The monoisotopic (exact) mass is 271 g/mol. The lowest BCUT2D eigenvalue weighted by molar-refractivity contribution is 0.0937. The highest BCUT2D eigenvalue weighted by atomic mass is 16.1. The Morgan fingerprint density at radius 2 is 2.20 bits per heavy atom. The number of carbonyl (C=O) groups excluding carboxylic acids is 1. The molecule has 3 N–H and O–H groups in total. The highest BCUT2D eigenvalue weighted by Gasteiger charge is 2.24. The van der Waals surface area contributed by atoms with Crippen molar-refractivity contribution in [3.8, 4) is 5.69 Å². The standard InChI is InChI=1S/C14H17N5O/c15-10-5-6-11(7-10)18-14(20)12-3-1-2-4-13(12)19-9-16-8-17-19/h1-4,8-11H,5-7,15H2,(H,18,20)/t10-,11-/m0/s1. The molecule has 1 amide bonds. The molecule has 1 saturated carbocycles. The largest absolute Gasteiger partial charge is 0.349 e. The van der Waals surface area contributed by atoms with Gasteiger partial charge in [0, 0.05) is 12.1 Å². The van der Waals surface area contributed by atoms with Crippen molar-refractivity contribution in [1.29, 1.82) is 0 Å². The van der Waals surface area contributed by atoms with Crippen molar-refractivity contribution >= 4 is 5.91 Å². The molecule has 3 rings (SSSR count). The van der Waals surface area contributed by atoms with Crippen LogP contribution in [0.15, 0.2) is 36.9 Å². The molecular weight excluding hydrogens is 254 g/mol. The minimum Gasteiger partial charge on any atom is -0.349 e. The summed E-state index contributed by atoms with van der Waals surface area (Å²) in [5.74, 6) is -0.0878. The van der Waals surface area contributed by atoms with Crippen LogP contribution in [-0.4, -0.2) is 32.8 Å². The molecule has 20 heavy (non-hydrogen) atoms. The number of para-hydroxylation sites is 1. The molecule has 0 saturated heterocycles. The summed E-state index contributed by atoms with van der Waals surface area (Å²) in [6.07, 6.45) is 5.79. The van der Waals surface area contributed by atoms with E-state index in [0.717, 1.165) is 24.9 Å². The number of amides is 1. The molecule has 6 nitrogen and oxygen atoms in total. The first-order valence-corrected chi connectivity index (χ1v) is 6.74. The van der Waals surface area contributed by atoms with Crippen molar-refractivity contribution in [3.05, 3.63) is 42.5 Å². The molecule has 1 aromatic carbocycles. The minimum absolute atomic E-state index is 0.0878. The van der Waals surface area contributed by atoms with Crippen LogP contribution in [0.4, 0.5) is 0 Å². The molecule has 1 heterocycles. The van der Waals surface area contributed by atoms with Gasteiger partial charge in [0.05, 0.1) is 11.3 Å². The smallest absolute Gasteiger partial charge is 0.253 e. The quantitative estimate of drug-likeness (QED) is 0.867. The predicted octanol–water partition coefficient (Wildman–Crippen LogP) is 0.877. The number of carbonyl (C=O) groups is 1. The summed E-state index contributed by atoms with van der Waals surface area (Å²) in [5.41, 5.74) is 7.20. The van der Waals surface area contributed by atoms with Crippen molar-refractivity contribution in [3.63, 3.8) is 0 Å². The zero-order chi connectivity index (χ0) is 13.9. The van der Waals surface area contributed by atoms with Gasteiger partial charge in [-0.05, 0) is 31.4 Å². The van der Waals surface area contributed by atoms with Gasteiger partial charge in [0.15, 0.2) is 0 Å². The lowest BCUT2D eigenvalue weighted by Gasteiger charge is -2.14. The number of nitrogens with two attached hydrogens (primary N) is 1. The Morgan fingerprint density at radius 1 is 1.35 bits per heavy atom. The van der Waals surface area contributed by atoms with Crippen LogP contribution in [0, 0.1) is 0 Å². The first-order chi connectivity index (χ1) is 9.74. The van der Waals surface area contributed by atoms with Gasteiger partial charge in [-0.1, -0.05) is 12.1 Å². The lowest BCUT2D eigenvalue weighted by Crippen LogP contribution is -2.34. The van der Waals surface area contributed by atoms with Gasteiger partial charge in [-0.15, -0.1) is 0 Å². The molecule has 1 fully saturated rings. The molecule has 1 aromatic heterocycles. The third-order valence-electron chi connectivity index (χ3n) is 3.62. The summed E-state index contributed by atoms with van der Waals surface area (Å²) >= 11 is 0. The molecule has 0 spiro atoms. The van der Waals surface area contributed by atoms with E-state index < -0.39 is 0 Å². The van der Waals surface area contributed by atoms with E-state index in [1.807, 2.05) is 18.2 Å². The summed E-state index contributed by atoms with van der Waals surface area (Å²) in [6.45, 7) is 0. The van der Waals surface area contributed by atoms with Gasteiger partial charge < -0.3 is 11.1 Å². The van der Waals surface area contributed by atoms with E-state index in [0.29, 0.717) is 5.56 Å². The van der Waals surface area contributed by atoms with Gasteiger partial charge in [-0.2, -0.15) is 5.10 Å². The van der Waals surface area contributed by atoms with Crippen LogP contribution < -0.4 is 11.1 Å². The zero-order valence-electron chi connectivity index (χ0n) is 11.1. The van der Waals surface area contributed by atoms with Crippen LogP contribution in [0.25, 0.3) is 5.69 Å². The second-order valence-corrected chi connectivity index (χ2v) is 5.10. The van der Waals surface area contributed by atoms with E-state index in [2.05, 4.69) is 15.4 Å². The Bertz CT molecular complexity index is 595. The second kappa shape index (κ2) is 5.42. The molecular formula is C14H17N5O. The van der Waals surface area contributed by atoms with Gasteiger partial charge in [-0.25, -0.2) is 9.67 Å². The molecule has 6 heteroatoms. The molecule has 2 atom stereocenters. The maximum absolute atomic E-state index is 12.4. The van der Waals surface area contributed by atoms with Gasteiger partial charge in [0.2, 0.25) is 0 Å². The molecule has 0 aliphatic heterocycles. The maximum Gasteiger partial charge on any atom is 0.253 e. The van der Waals surface area contributed by atoms with Gasteiger partial charge >= 0.3 is 0 Å². The summed E-state index contributed by atoms with van der Waals surface area (Å²) in [6, 6.07) is 7.73. The maximum atomic E-state index is 12.4. The molecule has 0 unspecified atom stereocenters. The van der Waals surface area contributed by atoms with Crippen LogP contribution in [0.2, 0.25) is 0 Å². The first kappa shape index (κ1) is 12.8. The SMILES string of the molecule is N[C@H]1CC[C@H](NC(=O)c2ccccc2-n2cncn2)C1. The number of nitrogens with zero attached hydrogens (tertiary/aromatic N) is 3. The summed E-state index contributed by atoms with van der Waals surface area (Å²) in [4.78, 5) is 16.3. The average molecular weight is 271 g/mol. The van der Waals surface area contributed by atoms with E-state index in [9.17, 15) is 4.79 Å². The number of nitrogens with one attached hydrogen (secondary N) is 1. The zero-order valence-corrected chi connectivity index (χ0v) is 11.1. The van der Waals surface area contributed by atoms with E-state index in [1.165, 1.54) is 6.33 Å². The number of hydrogen-bond donors (Lipinski definition) is 2. The fourth-order valence-electron chi connectivity index (χ4n) is 2.61. The van der Waals surface area contributed by atoms with E-state index in [1.54, 1.807) is 17.1 Å². The number of rotatable bonds is 3. The third kappa shape index (κ3) is 2.55. The normalized spacial score (nSPS) is 21.9. The van der Waals surface area contributed by atoms with Crippen molar-refractivity contribution in [1.82, 2.24) is 20.1 Å². The van der Waals surface area contributed by atoms with Crippen LogP contribution >= 0.6 is 0 Å². The van der Waals surface area contributed by atoms with E-state index in [4.69, 9.17) is 5.73 Å². The Kier molecular flexibility index (Phi) is 3.47. The fraction of sp³-hybridized carbons (Fsp3) is 0.357. The predicted molar refractivity (Wildman–Crippen MR) is 74.4 cm³/mol. The topological polar surface area (TPSA) is 85.8 Å².